The Labute approximate surface area is 368 Å². The zero-order chi connectivity index (χ0) is 44.7. The van der Waals surface area contributed by atoms with Crippen LogP contribution in [0.25, 0.3) is 33.7 Å². The highest BCUT2D eigenvalue weighted by atomic mass is 19.1. The fourth-order valence-corrected chi connectivity index (χ4v) is 10.4. The quantitative estimate of drug-likeness (QED) is 0.188. The van der Waals surface area contributed by atoms with Gasteiger partial charge < -0.3 is 9.64 Å². The molecule has 2 aliphatic heterocycles. The molecule has 3 fully saturated rings. The number of nitrogens with zero attached hydrogens (tertiary/aromatic N) is 11. The summed E-state index contributed by atoms with van der Waals surface area (Å²) < 4.78 is 49.8. The van der Waals surface area contributed by atoms with E-state index in [-0.39, 0.29) is 52.5 Å². The molecule has 1 unspecified atom stereocenters. The van der Waals surface area contributed by atoms with Gasteiger partial charge in [0.2, 0.25) is 0 Å². The predicted molar refractivity (Wildman–Crippen MR) is 230 cm³/mol. The molecule has 0 bridgehead atoms. The molecular formula is C46H44F2N12O5. The second kappa shape index (κ2) is 14.0. The van der Waals surface area contributed by atoms with Crippen LogP contribution in [0.5, 0.6) is 0 Å². The lowest BCUT2D eigenvalue weighted by Crippen LogP contribution is -2.40. The number of aromatic nitrogens is 11. The fourth-order valence-electron chi connectivity index (χ4n) is 10.4. The predicted octanol–water partition coefficient (Wildman–Crippen LogP) is 6.09. The van der Waals surface area contributed by atoms with Crippen molar-refractivity contribution in [3.8, 4) is 17.2 Å². The first kappa shape index (κ1) is 39.6. The molecule has 332 valence electrons. The number of amides is 1. The van der Waals surface area contributed by atoms with Crippen molar-refractivity contribution >= 4 is 22.5 Å². The number of H-pyrrole nitrogens is 1. The monoisotopic (exact) mass is 882 g/mol. The zero-order valence-corrected chi connectivity index (χ0v) is 36.1. The number of carbonyl (C=O) groups is 1. The van der Waals surface area contributed by atoms with Crippen LogP contribution in [0.2, 0.25) is 0 Å². The Hall–Kier alpha value is -7.02. The summed E-state index contributed by atoms with van der Waals surface area (Å²) >= 11 is 0. The minimum absolute atomic E-state index is 0.0379. The van der Waals surface area contributed by atoms with E-state index in [4.69, 9.17) is 24.4 Å². The summed E-state index contributed by atoms with van der Waals surface area (Å²) in [5.41, 5.74) is 3.34. The van der Waals surface area contributed by atoms with Crippen molar-refractivity contribution in [3.63, 3.8) is 0 Å². The van der Waals surface area contributed by atoms with E-state index >= 15 is 13.6 Å². The highest BCUT2D eigenvalue weighted by Crippen LogP contribution is 2.54. The SMILES string of the molecule is C[C@H]1c2c(nn(-c3ccc(F)c(C4CC4)c3)c2-n2ccn(-c3ccc4c(cnn4C)c3F)c2=O)CCN1C(=O)c1nn2cc(C3CCOC(C)(C)C3)cnc2c1C1(c2noc(=O)[nH]2)CC1. The number of carbonyl (C=O) groups excluding carboxylic acids is 1. The van der Waals surface area contributed by atoms with Crippen LogP contribution in [-0.4, -0.2) is 83.0 Å². The van der Waals surface area contributed by atoms with Crippen molar-refractivity contribution in [2.45, 2.75) is 94.6 Å². The van der Waals surface area contributed by atoms with Crippen molar-refractivity contribution in [1.29, 1.82) is 0 Å². The molecule has 1 N–H and O–H groups in total. The third-order valence-electron chi connectivity index (χ3n) is 14.0. The van der Waals surface area contributed by atoms with Gasteiger partial charge >= 0.3 is 11.4 Å². The van der Waals surface area contributed by atoms with E-state index in [1.54, 1.807) is 56.3 Å². The average Bonchev–Trinajstić information content (AvgIpc) is 4.03. The van der Waals surface area contributed by atoms with E-state index in [9.17, 15) is 9.59 Å². The van der Waals surface area contributed by atoms with Crippen LogP contribution in [0.4, 0.5) is 8.78 Å². The number of fused-ring (bicyclic) bond motifs is 3. The molecule has 2 atom stereocenters. The van der Waals surface area contributed by atoms with Crippen molar-refractivity contribution in [1.82, 2.24) is 58.3 Å². The number of nitrogens with one attached hydrogen (secondary N) is 1. The first-order valence-corrected chi connectivity index (χ1v) is 22.0. The van der Waals surface area contributed by atoms with Crippen molar-refractivity contribution in [2.75, 3.05) is 13.2 Å². The Bertz CT molecular complexity index is 3400. The van der Waals surface area contributed by atoms with E-state index in [1.807, 2.05) is 19.3 Å². The lowest BCUT2D eigenvalue weighted by Gasteiger charge is -2.35. The van der Waals surface area contributed by atoms with Crippen molar-refractivity contribution in [3.05, 3.63) is 133 Å². The molecule has 2 saturated carbocycles. The van der Waals surface area contributed by atoms with E-state index in [1.165, 1.54) is 27.6 Å². The number of benzene rings is 2. The molecule has 6 aromatic heterocycles. The molecule has 19 heteroatoms. The molecular weight excluding hydrogens is 839 g/mol. The summed E-state index contributed by atoms with van der Waals surface area (Å²) in [6.45, 7) is 6.89. The van der Waals surface area contributed by atoms with Crippen LogP contribution in [-0.2, 0) is 23.6 Å². The van der Waals surface area contributed by atoms with E-state index in [0.717, 1.165) is 31.2 Å². The molecule has 65 heavy (non-hydrogen) atoms. The standard InChI is InChI=1S/C46H44F2N12O5/c1-24-35-32(52-60(28-7-8-31(47)29(19-28)25-5-6-25)40(35)58-17-16-57(44(58)63)34-10-9-33-30(37(34)48)22-50-55(33)4)11-15-56(24)41(61)38-36(46(13-14-46)42-51-43(62)65-54-42)39-49-21-27(23-59(39)53-38)26-12-18-64-45(2,3)20-26/h7-10,16-17,19,21-26H,5-6,11-15,18,20H2,1-4H3,(H,51,54,62)/t24-,26?/m0/s1. The maximum atomic E-state index is 16.1. The minimum Gasteiger partial charge on any atom is -0.376 e. The molecule has 1 amide bonds. The Morgan fingerprint density at radius 3 is 2.55 bits per heavy atom. The van der Waals surface area contributed by atoms with Crippen molar-refractivity contribution < 1.29 is 22.8 Å². The van der Waals surface area contributed by atoms with Gasteiger partial charge in [0, 0.05) is 62.5 Å². The summed E-state index contributed by atoms with van der Waals surface area (Å²) in [6, 6.07) is 7.39. The number of hydrogen-bond donors (Lipinski definition) is 1. The number of halogens is 2. The van der Waals surface area contributed by atoms with Gasteiger partial charge in [-0.25, -0.2) is 32.6 Å². The summed E-state index contributed by atoms with van der Waals surface area (Å²) in [5, 5.41) is 18.6. The van der Waals surface area contributed by atoms with Gasteiger partial charge in [-0.1, -0.05) is 5.16 Å². The molecule has 17 nitrogen and oxygen atoms in total. The number of imidazole rings is 1. The highest BCUT2D eigenvalue weighted by Gasteiger charge is 2.55. The number of ether oxygens (including phenoxy) is 1. The van der Waals surface area contributed by atoms with E-state index < -0.39 is 28.7 Å². The van der Waals surface area contributed by atoms with Crippen LogP contribution >= 0.6 is 0 Å². The maximum Gasteiger partial charge on any atom is 0.438 e. The molecule has 8 heterocycles. The zero-order valence-electron chi connectivity index (χ0n) is 36.1. The molecule has 8 aromatic rings. The lowest BCUT2D eigenvalue weighted by atomic mass is 9.85. The smallest absolute Gasteiger partial charge is 0.376 e. The Morgan fingerprint density at radius 2 is 1.80 bits per heavy atom. The molecule has 0 radical (unpaired) electrons. The van der Waals surface area contributed by atoms with Gasteiger partial charge in [-0.15, -0.1) is 0 Å². The Morgan fingerprint density at radius 1 is 0.985 bits per heavy atom. The van der Waals surface area contributed by atoms with Gasteiger partial charge in [0.15, 0.2) is 23.0 Å². The first-order valence-electron chi connectivity index (χ1n) is 22.0. The minimum atomic E-state index is -0.875. The molecule has 1 saturated heterocycles. The molecule has 2 aromatic carbocycles. The lowest BCUT2D eigenvalue weighted by molar-refractivity contribution is -0.0593. The second-order valence-corrected chi connectivity index (χ2v) is 18.6. The summed E-state index contributed by atoms with van der Waals surface area (Å²) in [6.07, 6.45) is 13.0. The first-order chi connectivity index (χ1) is 31.3. The number of aromatic amines is 1. The van der Waals surface area contributed by atoms with Gasteiger partial charge in [-0.3, -0.25) is 28.1 Å². The summed E-state index contributed by atoms with van der Waals surface area (Å²) in [4.78, 5) is 51.8. The number of aryl methyl sites for hydroxylation is 1. The third-order valence-corrected chi connectivity index (χ3v) is 14.0. The van der Waals surface area contributed by atoms with Crippen molar-refractivity contribution in [2.24, 2.45) is 7.05 Å². The van der Waals surface area contributed by atoms with Crippen LogP contribution in [0.15, 0.2) is 75.4 Å². The third kappa shape index (κ3) is 6.10. The van der Waals surface area contributed by atoms with E-state index in [0.29, 0.717) is 76.7 Å². The van der Waals surface area contributed by atoms with Crippen LogP contribution in [0.3, 0.4) is 0 Å². The Kier molecular flexibility index (Phi) is 8.51. The van der Waals surface area contributed by atoms with Gasteiger partial charge in [-0.2, -0.15) is 15.3 Å². The van der Waals surface area contributed by atoms with Gasteiger partial charge in [0.05, 0.1) is 51.2 Å². The van der Waals surface area contributed by atoms with Gasteiger partial charge in [-0.05, 0) is 113 Å². The number of hydrogen-bond acceptors (Lipinski definition) is 10. The number of rotatable bonds is 8. The second-order valence-electron chi connectivity index (χ2n) is 18.6. The Balaban J connectivity index is 0.994. The van der Waals surface area contributed by atoms with Crippen LogP contribution < -0.4 is 11.4 Å². The average molecular weight is 883 g/mol. The highest BCUT2D eigenvalue weighted by molar-refractivity contribution is 5.97. The molecule has 0 spiro atoms. The maximum absolute atomic E-state index is 16.1. The van der Waals surface area contributed by atoms with Crippen LogP contribution in [0, 0.1) is 11.6 Å². The molecule has 4 aliphatic rings. The van der Waals surface area contributed by atoms with E-state index in [2.05, 4.69) is 29.1 Å². The normalized spacial score (nSPS) is 20.2. The topological polar surface area (TPSA) is 181 Å². The largest absolute Gasteiger partial charge is 0.438 e. The molecule has 2 aliphatic carbocycles. The fraction of sp³-hybridized carbons (Fsp3) is 0.391. The van der Waals surface area contributed by atoms with Gasteiger partial charge in [0.25, 0.3) is 5.91 Å². The summed E-state index contributed by atoms with van der Waals surface area (Å²) in [5.74, 6) is -1.12. The summed E-state index contributed by atoms with van der Waals surface area (Å²) in [7, 11) is 1.72. The van der Waals surface area contributed by atoms with Crippen LogP contribution in [0.1, 0.15) is 121 Å². The molecule has 12 rings (SSSR count). The van der Waals surface area contributed by atoms with Gasteiger partial charge in [0.1, 0.15) is 11.6 Å².